The van der Waals surface area contributed by atoms with Crippen LogP contribution in [0.2, 0.25) is 0 Å². The number of nitrogen functional groups attached to an aromatic ring is 2. The van der Waals surface area contributed by atoms with Crippen molar-refractivity contribution < 1.29 is 9.47 Å². The van der Waals surface area contributed by atoms with Crippen LogP contribution in [0.15, 0.2) is 106 Å². The molecule has 9 heteroatoms. The van der Waals surface area contributed by atoms with E-state index in [0.29, 0.717) is 34.7 Å². The van der Waals surface area contributed by atoms with E-state index in [2.05, 4.69) is 25.9 Å². The first-order chi connectivity index (χ1) is 18.3. The summed E-state index contributed by atoms with van der Waals surface area (Å²) >= 11 is 3.34. The minimum absolute atomic E-state index is 0.0253. The van der Waals surface area contributed by atoms with Gasteiger partial charge in [0, 0.05) is 29.9 Å². The van der Waals surface area contributed by atoms with Crippen LogP contribution in [0.5, 0.6) is 23.3 Å². The summed E-state index contributed by atoms with van der Waals surface area (Å²) in [5.41, 5.74) is 13.6. The first-order valence-electron chi connectivity index (χ1n) is 11.6. The highest BCUT2D eigenvalue weighted by Crippen LogP contribution is 2.32. The third kappa shape index (κ3) is 6.77. The molecule has 0 spiro atoms. The van der Waals surface area contributed by atoms with E-state index in [4.69, 9.17) is 20.9 Å². The van der Waals surface area contributed by atoms with E-state index in [-0.39, 0.29) is 5.56 Å². The number of hydrogen-bond acceptors (Lipinski definition) is 7. The second kappa shape index (κ2) is 12.1. The van der Waals surface area contributed by atoms with Gasteiger partial charge in [-0.15, -0.1) is 0 Å². The third-order valence-corrected chi connectivity index (χ3v) is 5.91. The fourth-order valence-corrected chi connectivity index (χ4v) is 3.79. The van der Waals surface area contributed by atoms with Crippen LogP contribution < -0.4 is 26.5 Å². The number of nitrogens with two attached hydrogens (primary N) is 2. The minimum Gasteiger partial charge on any atom is -0.438 e. The number of aromatic nitrogens is 3. The third-order valence-electron chi connectivity index (χ3n) is 5.31. The molecule has 38 heavy (non-hydrogen) atoms. The summed E-state index contributed by atoms with van der Waals surface area (Å²) in [4.78, 5) is 20.2. The molecule has 0 saturated carbocycles. The Balaban J connectivity index is 0.000000194. The smallest absolute Gasteiger partial charge is 0.253 e. The molecule has 8 nitrogen and oxygen atoms in total. The van der Waals surface area contributed by atoms with Crippen LogP contribution >= 0.6 is 15.9 Å². The number of halogens is 1. The average Bonchev–Trinajstić information content (AvgIpc) is 2.91. The Bertz CT molecular complexity index is 1570. The zero-order chi connectivity index (χ0) is 27.1. The molecule has 192 valence electrons. The molecule has 4 N–H and O–H groups in total. The monoisotopic (exact) mass is 571 g/mol. The van der Waals surface area contributed by atoms with Gasteiger partial charge in [0.2, 0.25) is 11.8 Å². The highest BCUT2D eigenvalue weighted by molar-refractivity contribution is 9.10. The standard InChI is InChI=1S/C18H17N3O2.C11H9BrN2O/c1-12-10-13(11-21(2)18(12)22)15-8-9-16(19)20-17(15)23-14-6-4-3-5-7-14;12-9-6-7-10(13)14-11(9)15-8-4-2-1-3-5-8/h3-11H,1-2H3,(H2,19,20);1-7H,(H2,13,14). The largest absolute Gasteiger partial charge is 0.438 e. The first kappa shape index (κ1) is 26.4. The summed E-state index contributed by atoms with van der Waals surface area (Å²) in [6.45, 7) is 1.79. The summed E-state index contributed by atoms with van der Waals surface area (Å²) in [6, 6.07) is 27.7. The Hall–Kier alpha value is -4.63. The van der Waals surface area contributed by atoms with E-state index in [0.717, 1.165) is 21.3 Å². The van der Waals surface area contributed by atoms with Crippen LogP contribution in [0, 0.1) is 6.92 Å². The number of pyridine rings is 3. The van der Waals surface area contributed by atoms with Crippen molar-refractivity contribution in [3.63, 3.8) is 0 Å². The predicted molar refractivity (Wildman–Crippen MR) is 153 cm³/mol. The molecular formula is C29H26BrN5O3. The van der Waals surface area contributed by atoms with Gasteiger partial charge in [-0.3, -0.25) is 4.79 Å². The molecule has 0 bridgehead atoms. The van der Waals surface area contributed by atoms with Crippen LogP contribution in [-0.4, -0.2) is 14.5 Å². The molecule has 0 aliphatic carbocycles. The van der Waals surface area contributed by atoms with Crippen molar-refractivity contribution in [2.45, 2.75) is 6.92 Å². The maximum Gasteiger partial charge on any atom is 0.253 e. The van der Waals surface area contributed by atoms with Gasteiger partial charge in [-0.2, -0.15) is 9.97 Å². The van der Waals surface area contributed by atoms with Crippen molar-refractivity contribution >= 4 is 27.6 Å². The van der Waals surface area contributed by atoms with Gasteiger partial charge >= 0.3 is 0 Å². The van der Waals surface area contributed by atoms with E-state index in [1.165, 1.54) is 0 Å². The number of hydrogen-bond donors (Lipinski definition) is 2. The van der Waals surface area contributed by atoms with Gasteiger partial charge in [0.1, 0.15) is 23.1 Å². The highest BCUT2D eigenvalue weighted by atomic mass is 79.9. The Kier molecular flexibility index (Phi) is 8.40. The predicted octanol–water partition coefficient (Wildman–Crippen LogP) is 6.35. The second-order valence-corrected chi connectivity index (χ2v) is 9.12. The molecular weight excluding hydrogens is 546 g/mol. The number of ether oxygens (including phenoxy) is 2. The van der Waals surface area contributed by atoms with Crippen molar-refractivity contribution in [2.24, 2.45) is 7.05 Å². The fourth-order valence-electron chi connectivity index (χ4n) is 3.49. The van der Waals surface area contributed by atoms with E-state index in [1.54, 1.807) is 42.9 Å². The lowest BCUT2D eigenvalue weighted by Crippen LogP contribution is -2.18. The van der Waals surface area contributed by atoms with Crippen molar-refractivity contribution in [3.05, 3.63) is 118 Å². The molecule has 0 fully saturated rings. The minimum atomic E-state index is -0.0253. The zero-order valence-corrected chi connectivity index (χ0v) is 22.4. The summed E-state index contributed by atoms with van der Waals surface area (Å²) in [5, 5.41) is 0. The summed E-state index contributed by atoms with van der Waals surface area (Å²) < 4.78 is 13.8. The SMILES string of the molecule is Cc1cc(-c2ccc(N)nc2Oc2ccccc2)cn(C)c1=O.Nc1ccc(Br)c(Oc2ccccc2)n1. The van der Waals surface area contributed by atoms with Crippen LogP contribution in [0.3, 0.4) is 0 Å². The van der Waals surface area contributed by atoms with E-state index >= 15 is 0 Å². The zero-order valence-electron chi connectivity index (χ0n) is 20.8. The highest BCUT2D eigenvalue weighted by Gasteiger charge is 2.12. The Morgan fingerprint density at radius 3 is 1.87 bits per heavy atom. The Morgan fingerprint density at radius 2 is 1.29 bits per heavy atom. The number of benzene rings is 2. The van der Waals surface area contributed by atoms with E-state index < -0.39 is 0 Å². The number of nitrogens with zero attached hydrogens (tertiary/aromatic N) is 3. The van der Waals surface area contributed by atoms with E-state index in [9.17, 15) is 4.79 Å². The molecule has 0 radical (unpaired) electrons. The maximum absolute atomic E-state index is 11.9. The first-order valence-corrected chi connectivity index (χ1v) is 12.4. The lowest BCUT2D eigenvalue weighted by atomic mass is 10.1. The topological polar surface area (TPSA) is 118 Å². The molecule has 3 heterocycles. The molecule has 0 aliphatic rings. The maximum atomic E-state index is 11.9. The number of rotatable bonds is 5. The lowest BCUT2D eigenvalue weighted by Gasteiger charge is -2.12. The molecule has 0 saturated heterocycles. The Morgan fingerprint density at radius 1 is 0.763 bits per heavy atom. The van der Waals surface area contributed by atoms with Crippen molar-refractivity contribution in [1.29, 1.82) is 0 Å². The molecule has 0 aliphatic heterocycles. The quantitative estimate of drug-likeness (QED) is 0.252. The molecule has 5 rings (SSSR count). The van der Waals surface area contributed by atoms with Gasteiger partial charge in [-0.1, -0.05) is 36.4 Å². The Labute approximate surface area is 228 Å². The van der Waals surface area contributed by atoms with Gasteiger partial charge in [-0.05, 0) is 77.5 Å². The van der Waals surface area contributed by atoms with Gasteiger partial charge < -0.3 is 25.5 Å². The van der Waals surface area contributed by atoms with Crippen molar-refractivity contribution in [3.8, 4) is 34.4 Å². The van der Waals surface area contributed by atoms with Crippen molar-refractivity contribution in [1.82, 2.24) is 14.5 Å². The normalized spacial score (nSPS) is 10.3. The molecule has 0 amide bonds. The van der Waals surface area contributed by atoms with Crippen LogP contribution in [0.1, 0.15) is 5.56 Å². The van der Waals surface area contributed by atoms with Gasteiger partial charge in [0.05, 0.1) is 4.47 Å². The average molecular weight is 572 g/mol. The summed E-state index contributed by atoms with van der Waals surface area (Å²) in [6.07, 6.45) is 1.76. The second-order valence-electron chi connectivity index (χ2n) is 8.27. The molecule has 0 unspecified atom stereocenters. The molecule has 3 aromatic heterocycles. The van der Waals surface area contributed by atoms with Gasteiger partial charge in [0.25, 0.3) is 5.56 Å². The van der Waals surface area contributed by atoms with Gasteiger partial charge in [0.15, 0.2) is 0 Å². The fraction of sp³-hybridized carbons (Fsp3) is 0.0690. The van der Waals surface area contributed by atoms with Gasteiger partial charge in [-0.25, -0.2) is 0 Å². The molecule has 0 atom stereocenters. The number of para-hydroxylation sites is 2. The summed E-state index contributed by atoms with van der Waals surface area (Å²) in [7, 11) is 1.72. The van der Waals surface area contributed by atoms with E-state index in [1.807, 2.05) is 72.8 Å². The van der Waals surface area contributed by atoms with Crippen LogP contribution in [0.4, 0.5) is 11.6 Å². The molecule has 2 aromatic carbocycles. The lowest BCUT2D eigenvalue weighted by molar-refractivity contribution is 0.460. The van der Waals surface area contributed by atoms with Crippen molar-refractivity contribution in [2.75, 3.05) is 11.5 Å². The number of anilines is 2. The van der Waals surface area contributed by atoms with Crippen LogP contribution in [0.25, 0.3) is 11.1 Å². The number of aryl methyl sites for hydroxylation is 2. The molecule has 5 aromatic rings. The summed E-state index contributed by atoms with van der Waals surface area (Å²) in [5.74, 6) is 3.10. The van der Waals surface area contributed by atoms with Crippen LogP contribution in [-0.2, 0) is 7.05 Å².